The molecule has 1 aliphatic heterocycles. The maximum atomic E-state index is 12.9. The van der Waals surface area contributed by atoms with E-state index in [1.807, 2.05) is 36.4 Å². The summed E-state index contributed by atoms with van der Waals surface area (Å²) in [6, 6.07) is 12.6. The van der Waals surface area contributed by atoms with Gasteiger partial charge in [0.15, 0.2) is 0 Å². The minimum absolute atomic E-state index is 0.0876. The van der Waals surface area contributed by atoms with Crippen molar-refractivity contribution in [3.8, 4) is 5.75 Å². The molecule has 2 amide bonds. The van der Waals surface area contributed by atoms with Crippen LogP contribution in [0.3, 0.4) is 0 Å². The number of benzene rings is 1. The summed E-state index contributed by atoms with van der Waals surface area (Å²) in [4.78, 5) is 31.2. The van der Waals surface area contributed by atoms with Gasteiger partial charge in [-0.1, -0.05) is 30.3 Å². The number of carbonyl (C=O) groups excluding carboxylic acids is 2. The van der Waals surface area contributed by atoms with Crippen LogP contribution in [0.4, 0.5) is 0 Å². The quantitative estimate of drug-likeness (QED) is 0.698. The van der Waals surface area contributed by atoms with Gasteiger partial charge in [-0.3, -0.25) is 14.6 Å². The fourth-order valence-electron chi connectivity index (χ4n) is 3.28. The lowest BCUT2D eigenvalue weighted by atomic mass is 10.1. The summed E-state index contributed by atoms with van der Waals surface area (Å²) in [5.74, 6) is 0.356. The standard InChI is InChI=1S/C21H25N3O4/c1-27-11-10-23-21(26)19-13-18(28-17-8-5-9-22-14-17)15-24(19)20(25)12-16-6-3-2-4-7-16/h2-9,14,18-19H,10-13,15H2,1H3,(H,23,26)/t18-,19+/m0/s1. The fourth-order valence-corrected chi connectivity index (χ4v) is 3.28. The number of pyridine rings is 1. The highest BCUT2D eigenvalue weighted by molar-refractivity contribution is 5.89. The topological polar surface area (TPSA) is 80.8 Å². The van der Waals surface area contributed by atoms with Crippen LogP contribution in [0.5, 0.6) is 5.75 Å². The van der Waals surface area contributed by atoms with Crippen molar-refractivity contribution in [3.63, 3.8) is 0 Å². The summed E-state index contributed by atoms with van der Waals surface area (Å²) < 4.78 is 10.9. The number of ether oxygens (including phenoxy) is 2. The summed E-state index contributed by atoms with van der Waals surface area (Å²) in [6.45, 7) is 1.19. The number of methoxy groups -OCH3 is 1. The molecule has 2 atom stereocenters. The summed E-state index contributed by atoms with van der Waals surface area (Å²) in [5.41, 5.74) is 0.919. The molecular weight excluding hydrogens is 358 g/mol. The number of rotatable bonds is 8. The van der Waals surface area contributed by atoms with Crippen molar-refractivity contribution in [2.45, 2.75) is 25.0 Å². The van der Waals surface area contributed by atoms with Gasteiger partial charge in [-0.05, 0) is 17.7 Å². The first-order chi connectivity index (χ1) is 13.7. The SMILES string of the molecule is COCCNC(=O)[C@H]1C[C@H](Oc2cccnc2)CN1C(=O)Cc1ccccc1. The maximum absolute atomic E-state index is 12.9. The second kappa shape index (κ2) is 9.85. The van der Waals surface area contributed by atoms with Crippen LogP contribution in [-0.2, 0) is 20.7 Å². The number of nitrogens with zero attached hydrogens (tertiary/aromatic N) is 2. The van der Waals surface area contributed by atoms with E-state index in [1.165, 1.54) is 0 Å². The lowest BCUT2D eigenvalue weighted by Gasteiger charge is -2.23. The van der Waals surface area contributed by atoms with Crippen molar-refractivity contribution in [2.24, 2.45) is 0 Å². The number of hydrogen-bond acceptors (Lipinski definition) is 5. The third-order valence-electron chi connectivity index (χ3n) is 4.63. The molecule has 1 aromatic heterocycles. The van der Waals surface area contributed by atoms with E-state index < -0.39 is 6.04 Å². The second-order valence-electron chi connectivity index (χ2n) is 6.67. The zero-order chi connectivity index (χ0) is 19.8. The van der Waals surface area contributed by atoms with E-state index in [0.29, 0.717) is 31.9 Å². The molecule has 0 radical (unpaired) electrons. The molecule has 1 saturated heterocycles. The molecule has 1 aromatic carbocycles. The zero-order valence-corrected chi connectivity index (χ0v) is 15.9. The molecule has 2 heterocycles. The molecule has 148 valence electrons. The van der Waals surface area contributed by atoms with Crippen molar-refractivity contribution < 1.29 is 19.1 Å². The van der Waals surface area contributed by atoms with Crippen molar-refractivity contribution in [1.82, 2.24) is 15.2 Å². The number of aromatic nitrogens is 1. The predicted octanol–water partition coefficient (Wildman–Crippen LogP) is 1.44. The van der Waals surface area contributed by atoms with Gasteiger partial charge in [0.1, 0.15) is 17.9 Å². The van der Waals surface area contributed by atoms with E-state index in [-0.39, 0.29) is 24.3 Å². The van der Waals surface area contributed by atoms with Crippen LogP contribution in [-0.4, -0.2) is 60.7 Å². The molecule has 0 unspecified atom stereocenters. The van der Waals surface area contributed by atoms with Crippen LogP contribution >= 0.6 is 0 Å². The van der Waals surface area contributed by atoms with Crippen molar-refractivity contribution in [1.29, 1.82) is 0 Å². The smallest absolute Gasteiger partial charge is 0.243 e. The van der Waals surface area contributed by atoms with E-state index in [0.717, 1.165) is 5.56 Å². The van der Waals surface area contributed by atoms with Gasteiger partial charge in [0.05, 0.1) is 25.8 Å². The number of nitrogens with one attached hydrogen (secondary N) is 1. The summed E-state index contributed by atoms with van der Waals surface area (Å²) in [7, 11) is 1.58. The molecule has 7 heteroatoms. The highest BCUT2D eigenvalue weighted by atomic mass is 16.5. The molecule has 0 aliphatic carbocycles. The monoisotopic (exact) mass is 383 g/mol. The molecule has 1 fully saturated rings. The first-order valence-corrected chi connectivity index (χ1v) is 9.34. The van der Waals surface area contributed by atoms with Crippen LogP contribution in [0, 0.1) is 0 Å². The second-order valence-corrected chi connectivity index (χ2v) is 6.67. The van der Waals surface area contributed by atoms with E-state index in [2.05, 4.69) is 10.3 Å². The van der Waals surface area contributed by atoms with Crippen molar-refractivity contribution >= 4 is 11.8 Å². The number of carbonyl (C=O) groups is 2. The third-order valence-corrected chi connectivity index (χ3v) is 4.63. The minimum Gasteiger partial charge on any atom is -0.487 e. The minimum atomic E-state index is -0.560. The van der Waals surface area contributed by atoms with Crippen LogP contribution in [0.25, 0.3) is 0 Å². The van der Waals surface area contributed by atoms with Crippen molar-refractivity contribution in [3.05, 3.63) is 60.4 Å². The molecule has 1 aliphatic rings. The van der Waals surface area contributed by atoms with Gasteiger partial charge in [-0.15, -0.1) is 0 Å². The Morgan fingerprint density at radius 2 is 2.04 bits per heavy atom. The van der Waals surface area contributed by atoms with Crippen LogP contribution in [0.2, 0.25) is 0 Å². The Balaban J connectivity index is 1.69. The van der Waals surface area contributed by atoms with Gasteiger partial charge in [0.25, 0.3) is 0 Å². The average Bonchev–Trinajstić information content (AvgIpc) is 3.14. The Kier molecular flexibility index (Phi) is 6.97. The molecule has 0 saturated carbocycles. The lowest BCUT2D eigenvalue weighted by Crippen LogP contribution is -2.47. The third kappa shape index (κ3) is 5.29. The van der Waals surface area contributed by atoms with Crippen LogP contribution in [0.15, 0.2) is 54.9 Å². The maximum Gasteiger partial charge on any atom is 0.243 e. The van der Waals surface area contributed by atoms with Crippen LogP contribution in [0.1, 0.15) is 12.0 Å². The van der Waals surface area contributed by atoms with Gasteiger partial charge in [0.2, 0.25) is 11.8 Å². The van der Waals surface area contributed by atoms with Crippen LogP contribution < -0.4 is 10.1 Å². The molecule has 7 nitrogen and oxygen atoms in total. The van der Waals surface area contributed by atoms with Crippen molar-refractivity contribution in [2.75, 3.05) is 26.8 Å². The summed E-state index contributed by atoms with van der Waals surface area (Å²) in [6.07, 6.45) is 3.73. The van der Waals surface area contributed by atoms with Gasteiger partial charge >= 0.3 is 0 Å². The molecular formula is C21H25N3O4. The number of likely N-dealkylation sites (tertiary alicyclic amines) is 1. The molecule has 2 aromatic rings. The first kappa shape index (κ1) is 19.8. The predicted molar refractivity (Wildman–Crippen MR) is 104 cm³/mol. The van der Waals surface area contributed by atoms with Gasteiger partial charge in [-0.2, -0.15) is 0 Å². The number of amides is 2. The van der Waals surface area contributed by atoms with E-state index in [4.69, 9.17) is 9.47 Å². The Labute approximate surface area is 164 Å². The molecule has 0 bridgehead atoms. The average molecular weight is 383 g/mol. The number of hydrogen-bond donors (Lipinski definition) is 1. The Hall–Kier alpha value is -2.93. The first-order valence-electron chi connectivity index (χ1n) is 9.34. The van der Waals surface area contributed by atoms with E-state index >= 15 is 0 Å². The summed E-state index contributed by atoms with van der Waals surface area (Å²) in [5, 5.41) is 2.83. The highest BCUT2D eigenvalue weighted by Gasteiger charge is 2.40. The molecule has 3 rings (SSSR count). The largest absolute Gasteiger partial charge is 0.487 e. The van der Waals surface area contributed by atoms with Gasteiger partial charge < -0.3 is 19.7 Å². The van der Waals surface area contributed by atoms with E-state index in [1.54, 1.807) is 30.5 Å². The van der Waals surface area contributed by atoms with E-state index in [9.17, 15) is 9.59 Å². The molecule has 0 spiro atoms. The molecule has 28 heavy (non-hydrogen) atoms. The highest BCUT2D eigenvalue weighted by Crippen LogP contribution is 2.24. The normalized spacial score (nSPS) is 18.7. The zero-order valence-electron chi connectivity index (χ0n) is 15.9. The summed E-state index contributed by atoms with van der Waals surface area (Å²) >= 11 is 0. The Morgan fingerprint density at radius 1 is 1.21 bits per heavy atom. The Morgan fingerprint density at radius 3 is 2.75 bits per heavy atom. The fraction of sp³-hybridized carbons (Fsp3) is 0.381. The Bertz CT molecular complexity index is 770. The van der Waals surface area contributed by atoms with Gasteiger partial charge in [-0.25, -0.2) is 0 Å². The van der Waals surface area contributed by atoms with Gasteiger partial charge in [0, 0.05) is 26.3 Å². The molecule has 1 N–H and O–H groups in total. The lowest BCUT2D eigenvalue weighted by molar-refractivity contribution is -0.138.